The topological polar surface area (TPSA) is 53.2 Å². The highest BCUT2D eigenvalue weighted by atomic mass is 16.5. The van der Waals surface area contributed by atoms with Crippen LogP contribution in [0.2, 0.25) is 0 Å². The van der Waals surface area contributed by atoms with Gasteiger partial charge in [-0.3, -0.25) is 0 Å². The number of methoxy groups -OCH3 is 1. The van der Waals surface area contributed by atoms with Gasteiger partial charge in [0.15, 0.2) is 0 Å². The van der Waals surface area contributed by atoms with E-state index in [0.717, 1.165) is 28.0 Å². The molecule has 0 saturated carbocycles. The molecule has 2 aromatic carbocycles. The summed E-state index contributed by atoms with van der Waals surface area (Å²) >= 11 is 0. The highest BCUT2D eigenvalue weighted by Gasteiger charge is 2.12. The van der Waals surface area contributed by atoms with Gasteiger partial charge in [0, 0.05) is 5.56 Å². The maximum Gasteiger partial charge on any atom is 0.133 e. The SMILES string of the molecule is COc1cc(C)cc(C)c1-c1ccc(O)c(C#N)c1. The van der Waals surface area contributed by atoms with Crippen molar-refractivity contribution >= 4 is 0 Å². The molecule has 0 aromatic heterocycles. The average molecular weight is 253 g/mol. The van der Waals surface area contributed by atoms with E-state index in [9.17, 15) is 5.11 Å². The lowest BCUT2D eigenvalue weighted by Gasteiger charge is -2.13. The van der Waals surface area contributed by atoms with Gasteiger partial charge in [-0.05, 0) is 48.7 Å². The summed E-state index contributed by atoms with van der Waals surface area (Å²) in [6, 6.07) is 11.0. The molecule has 3 heteroatoms. The summed E-state index contributed by atoms with van der Waals surface area (Å²) in [4.78, 5) is 0. The van der Waals surface area contributed by atoms with Crippen LogP contribution in [0.3, 0.4) is 0 Å². The minimum absolute atomic E-state index is 0.00465. The third-order valence-electron chi connectivity index (χ3n) is 3.07. The molecule has 1 N–H and O–H groups in total. The fourth-order valence-corrected chi connectivity index (χ4v) is 2.24. The Bertz CT molecular complexity index is 669. The molecule has 0 spiro atoms. The zero-order valence-electron chi connectivity index (χ0n) is 11.2. The lowest BCUT2D eigenvalue weighted by atomic mass is 9.96. The maximum absolute atomic E-state index is 9.57. The van der Waals surface area contributed by atoms with Crippen molar-refractivity contribution in [1.29, 1.82) is 5.26 Å². The van der Waals surface area contributed by atoms with Gasteiger partial charge in [-0.2, -0.15) is 5.26 Å². The Morgan fingerprint density at radius 3 is 2.53 bits per heavy atom. The number of hydrogen-bond donors (Lipinski definition) is 1. The number of nitrogens with zero attached hydrogens (tertiary/aromatic N) is 1. The van der Waals surface area contributed by atoms with E-state index in [1.165, 1.54) is 6.07 Å². The number of aryl methyl sites for hydroxylation is 2. The third kappa shape index (κ3) is 2.38. The maximum atomic E-state index is 9.57. The van der Waals surface area contributed by atoms with E-state index in [1.807, 2.05) is 26.0 Å². The molecule has 0 aliphatic rings. The smallest absolute Gasteiger partial charge is 0.133 e. The van der Waals surface area contributed by atoms with Crippen molar-refractivity contribution in [3.63, 3.8) is 0 Å². The van der Waals surface area contributed by atoms with E-state index in [1.54, 1.807) is 19.2 Å². The zero-order chi connectivity index (χ0) is 14.0. The molecule has 0 fully saturated rings. The Morgan fingerprint density at radius 1 is 1.16 bits per heavy atom. The van der Waals surface area contributed by atoms with Gasteiger partial charge >= 0.3 is 0 Å². The second-order valence-electron chi connectivity index (χ2n) is 4.50. The highest BCUT2D eigenvalue weighted by molar-refractivity contribution is 5.76. The van der Waals surface area contributed by atoms with Gasteiger partial charge in [-0.1, -0.05) is 12.1 Å². The predicted octanol–water partition coefficient (Wildman–Crippen LogP) is 3.56. The second-order valence-corrected chi connectivity index (χ2v) is 4.50. The molecule has 2 aromatic rings. The van der Waals surface area contributed by atoms with E-state index in [4.69, 9.17) is 10.00 Å². The van der Waals surface area contributed by atoms with Crippen LogP contribution in [0.15, 0.2) is 30.3 Å². The van der Waals surface area contributed by atoms with Crippen LogP contribution in [-0.2, 0) is 0 Å². The van der Waals surface area contributed by atoms with Crippen LogP contribution in [0, 0.1) is 25.2 Å². The third-order valence-corrected chi connectivity index (χ3v) is 3.07. The van der Waals surface area contributed by atoms with E-state index >= 15 is 0 Å². The van der Waals surface area contributed by atoms with Gasteiger partial charge in [0.1, 0.15) is 17.6 Å². The van der Waals surface area contributed by atoms with E-state index in [-0.39, 0.29) is 11.3 Å². The van der Waals surface area contributed by atoms with Crippen molar-refractivity contribution in [2.24, 2.45) is 0 Å². The molecule has 2 rings (SSSR count). The first-order chi connectivity index (χ1) is 9.06. The van der Waals surface area contributed by atoms with Crippen LogP contribution in [0.5, 0.6) is 11.5 Å². The van der Waals surface area contributed by atoms with Gasteiger partial charge in [0.05, 0.1) is 12.7 Å². The number of phenolic OH excluding ortho intramolecular Hbond substituents is 1. The summed E-state index contributed by atoms with van der Waals surface area (Å²) in [5, 5.41) is 18.6. The first kappa shape index (κ1) is 13.0. The summed E-state index contributed by atoms with van der Waals surface area (Å²) in [5.41, 5.74) is 4.27. The van der Waals surface area contributed by atoms with Crippen molar-refractivity contribution in [3.8, 4) is 28.7 Å². The zero-order valence-corrected chi connectivity index (χ0v) is 11.2. The minimum Gasteiger partial charge on any atom is -0.507 e. The molecule has 19 heavy (non-hydrogen) atoms. The normalized spacial score (nSPS) is 10.0. The van der Waals surface area contributed by atoms with Crippen LogP contribution < -0.4 is 4.74 Å². The predicted molar refractivity (Wildman–Crippen MR) is 74.3 cm³/mol. The summed E-state index contributed by atoms with van der Waals surface area (Å²) in [6.45, 7) is 4.01. The van der Waals surface area contributed by atoms with Crippen molar-refractivity contribution in [1.82, 2.24) is 0 Å². The minimum atomic E-state index is -0.00465. The molecule has 0 aliphatic carbocycles. The molecule has 0 saturated heterocycles. The number of hydrogen-bond acceptors (Lipinski definition) is 3. The molecule has 0 heterocycles. The van der Waals surface area contributed by atoms with E-state index in [2.05, 4.69) is 6.07 Å². The number of ether oxygens (including phenoxy) is 1. The first-order valence-corrected chi connectivity index (χ1v) is 5.95. The largest absolute Gasteiger partial charge is 0.507 e. The molecule has 0 atom stereocenters. The summed E-state index contributed by atoms with van der Waals surface area (Å²) < 4.78 is 5.42. The van der Waals surface area contributed by atoms with Crippen LogP contribution in [0.4, 0.5) is 0 Å². The molecular formula is C16H15NO2. The lowest BCUT2D eigenvalue weighted by molar-refractivity contribution is 0.416. The molecular weight excluding hydrogens is 238 g/mol. The number of benzene rings is 2. The van der Waals surface area contributed by atoms with Gasteiger partial charge in [0.25, 0.3) is 0 Å². The summed E-state index contributed by atoms with van der Waals surface area (Å²) in [5.74, 6) is 0.766. The molecule has 96 valence electrons. The van der Waals surface area contributed by atoms with Crippen molar-refractivity contribution < 1.29 is 9.84 Å². The van der Waals surface area contributed by atoms with Gasteiger partial charge < -0.3 is 9.84 Å². The van der Waals surface area contributed by atoms with Gasteiger partial charge in [-0.25, -0.2) is 0 Å². The molecule has 0 bridgehead atoms. The fraction of sp³-hybridized carbons (Fsp3) is 0.188. The lowest BCUT2D eigenvalue weighted by Crippen LogP contribution is -1.93. The molecule has 0 unspecified atom stereocenters. The van der Waals surface area contributed by atoms with Crippen LogP contribution in [0.25, 0.3) is 11.1 Å². The second kappa shape index (κ2) is 5.03. The first-order valence-electron chi connectivity index (χ1n) is 5.95. The Hall–Kier alpha value is -2.47. The van der Waals surface area contributed by atoms with E-state index < -0.39 is 0 Å². The Balaban J connectivity index is 2.69. The number of nitriles is 1. The summed E-state index contributed by atoms with van der Waals surface area (Å²) in [7, 11) is 1.63. The standard InChI is InChI=1S/C16H15NO2/c1-10-6-11(2)16(15(7-10)19-3)12-4-5-14(18)13(8-12)9-17/h4-8,18H,1-3H3. The average Bonchev–Trinajstić information content (AvgIpc) is 2.39. The summed E-state index contributed by atoms with van der Waals surface area (Å²) in [6.07, 6.45) is 0. The molecule has 0 aliphatic heterocycles. The Morgan fingerprint density at radius 2 is 1.89 bits per heavy atom. The monoisotopic (exact) mass is 253 g/mol. The van der Waals surface area contributed by atoms with E-state index in [0.29, 0.717) is 0 Å². The number of phenols is 1. The molecule has 0 amide bonds. The van der Waals surface area contributed by atoms with Gasteiger partial charge in [0.2, 0.25) is 0 Å². The van der Waals surface area contributed by atoms with Crippen LogP contribution in [-0.4, -0.2) is 12.2 Å². The molecule has 3 nitrogen and oxygen atoms in total. The number of aromatic hydroxyl groups is 1. The molecule has 0 radical (unpaired) electrons. The van der Waals surface area contributed by atoms with Crippen molar-refractivity contribution in [2.75, 3.05) is 7.11 Å². The van der Waals surface area contributed by atoms with Crippen LogP contribution >= 0.6 is 0 Å². The Kier molecular flexibility index (Phi) is 3.43. The van der Waals surface area contributed by atoms with Gasteiger partial charge in [-0.15, -0.1) is 0 Å². The van der Waals surface area contributed by atoms with Crippen molar-refractivity contribution in [3.05, 3.63) is 47.0 Å². The highest BCUT2D eigenvalue weighted by Crippen LogP contribution is 2.36. The fourth-order valence-electron chi connectivity index (χ4n) is 2.24. The van der Waals surface area contributed by atoms with Crippen LogP contribution in [0.1, 0.15) is 16.7 Å². The number of rotatable bonds is 2. The Labute approximate surface area is 112 Å². The van der Waals surface area contributed by atoms with Crippen molar-refractivity contribution in [2.45, 2.75) is 13.8 Å². The quantitative estimate of drug-likeness (QED) is 0.890.